The van der Waals surface area contributed by atoms with Crippen LogP contribution in [0.25, 0.3) is 0 Å². The van der Waals surface area contributed by atoms with E-state index in [9.17, 15) is 19.2 Å². The number of hydrogen-bond donors (Lipinski definition) is 2. The van der Waals surface area contributed by atoms with E-state index in [4.69, 9.17) is 0 Å². The first-order chi connectivity index (χ1) is 13.8. The molecule has 0 aliphatic carbocycles. The van der Waals surface area contributed by atoms with Crippen LogP contribution in [0.1, 0.15) is 47.1 Å². The van der Waals surface area contributed by atoms with Crippen molar-refractivity contribution in [3.8, 4) is 0 Å². The van der Waals surface area contributed by atoms with Crippen molar-refractivity contribution in [1.29, 1.82) is 0 Å². The van der Waals surface area contributed by atoms with E-state index >= 15 is 0 Å². The molecule has 2 aromatic rings. The lowest BCUT2D eigenvalue weighted by atomic mass is 9.78. The number of nitrogens with zero attached hydrogens (tertiary/aromatic N) is 2. The van der Waals surface area contributed by atoms with E-state index in [1.165, 1.54) is 13.0 Å². The Balaban J connectivity index is 1.69. The first-order valence-electron chi connectivity index (χ1n) is 9.80. The summed E-state index contributed by atoms with van der Waals surface area (Å²) in [5, 5.41) is 2.82. The van der Waals surface area contributed by atoms with Gasteiger partial charge in [0.05, 0.1) is 6.04 Å². The summed E-state index contributed by atoms with van der Waals surface area (Å²) in [5.41, 5.74) is 1.21. The number of aromatic nitrogens is 2. The van der Waals surface area contributed by atoms with Crippen molar-refractivity contribution in [3.05, 3.63) is 68.0 Å². The van der Waals surface area contributed by atoms with E-state index in [0.717, 1.165) is 12.1 Å². The summed E-state index contributed by atoms with van der Waals surface area (Å²) in [6.45, 7) is 4.44. The van der Waals surface area contributed by atoms with Crippen LogP contribution < -0.4 is 16.4 Å². The lowest BCUT2D eigenvalue weighted by molar-refractivity contribution is -0.119. The fraction of sp³-hybridized carbons (Fsp3) is 0.429. The number of aromatic amines is 1. The van der Waals surface area contributed by atoms with Gasteiger partial charge in [0.1, 0.15) is 5.56 Å². The maximum Gasteiger partial charge on any atom is 0.260 e. The quantitative estimate of drug-likeness (QED) is 0.800. The lowest BCUT2D eigenvalue weighted by Crippen LogP contribution is -2.53. The van der Waals surface area contributed by atoms with Crippen LogP contribution in [-0.4, -0.2) is 45.9 Å². The predicted molar refractivity (Wildman–Crippen MR) is 107 cm³/mol. The molecule has 8 nitrogen and oxygen atoms in total. The summed E-state index contributed by atoms with van der Waals surface area (Å²) >= 11 is 0. The number of rotatable bonds is 3. The number of amides is 2. The second-order valence-corrected chi connectivity index (χ2v) is 7.95. The molecular weight excluding hydrogens is 372 g/mol. The van der Waals surface area contributed by atoms with Gasteiger partial charge in [0.25, 0.3) is 17.0 Å². The van der Waals surface area contributed by atoms with Gasteiger partial charge in [0.2, 0.25) is 5.91 Å². The van der Waals surface area contributed by atoms with Crippen molar-refractivity contribution >= 4 is 11.8 Å². The molecule has 3 atom stereocenters. The van der Waals surface area contributed by atoms with Crippen molar-refractivity contribution in [3.63, 3.8) is 0 Å². The maximum absolute atomic E-state index is 13.1. The minimum Gasteiger partial charge on any atom is -0.354 e. The molecule has 2 aliphatic heterocycles. The number of nitrogens with one attached hydrogen (secondary N) is 2. The molecule has 4 rings (SSSR count). The Labute approximate surface area is 167 Å². The Kier molecular flexibility index (Phi) is 4.86. The molecule has 2 aromatic heterocycles. The highest BCUT2D eigenvalue weighted by atomic mass is 16.2. The normalized spacial score (nSPS) is 22.7. The van der Waals surface area contributed by atoms with Gasteiger partial charge in [-0.3, -0.25) is 19.2 Å². The number of aryl methyl sites for hydroxylation is 1. The minimum absolute atomic E-state index is 0.0154. The number of H-pyrrole nitrogens is 1. The number of piperidine rings is 1. The fourth-order valence-corrected chi connectivity index (χ4v) is 4.63. The Morgan fingerprint density at radius 1 is 1.17 bits per heavy atom. The average molecular weight is 396 g/mol. The van der Waals surface area contributed by atoms with Crippen molar-refractivity contribution < 1.29 is 9.59 Å². The van der Waals surface area contributed by atoms with Gasteiger partial charge in [-0.25, -0.2) is 0 Å². The molecule has 2 amide bonds. The molecule has 0 spiro atoms. The second-order valence-electron chi connectivity index (χ2n) is 7.95. The topological polar surface area (TPSA) is 104 Å². The van der Waals surface area contributed by atoms with Gasteiger partial charge in [-0.1, -0.05) is 6.07 Å². The van der Waals surface area contributed by atoms with Crippen LogP contribution in [0, 0.1) is 12.8 Å². The van der Waals surface area contributed by atoms with Crippen molar-refractivity contribution in [1.82, 2.24) is 19.8 Å². The van der Waals surface area contributed by atoms with Crippen LogP contribution in [0.3, 0.4) is 0 Å². The van der Waals surface area contributed by atoms with Gasteiger partial charge in [0.15, 0.2) is 0 Å². The average Bonchev–Trinajstić information content (AvgIpc) is 2.67. The third-order valence-electron chi connectivity index (χ3n) is 5.93. The molecule has 2 bridgehead atoms. The van der Waals surface area contributed by atoms with E-state index in [1.54, 1.807) is 34.6 Å². The molecule has 0 unspecified atom stereocenters. The van der Waals surface area contributed by atoms with Crippen LogP contribution >= 0.6 is 0 Å². The van der Waals surface area contributed by atoms with Crippen molar-refractivity contribution in [2.45, 2.75) is 32.2 Å². The number of likely N-dealkylation sites (tertiary alicyclic amines) is 1. The number of fused-ring (bicyclic) bond motifs is 4. The molecule has 2 N–H and O–H groups in total. The zero-order valence-corrected chi connectivity index (χ0v) is 16.5. The van der Waals surface area contributed by atoms with Crippen LogP contribution in [-0.2, 0) is 4.79 Å². The van der Waals surface area contributed by atoms with E-state index < -0.39 is 5.56 Å². The fourth-order valence-electron chi connectivity index (χ4n) is 4.63. The Hall–Kier alpha value is -3.16. The summed E-state index contributed by atoms with van der Waals surface area (Å²) in [4.78, 5) is 53.8. The molecule has 0 aromatic carbocycles. The van der Waals surface area contributed by atoms with Gasteiger partial charge in [-0.15, -0.1) is 0 Å². The second kappa shape index (κ2) is 7.35. The van der Waals surface area contributed by atoms with Crippen molar-refractivity contribution in [2.24, 2.45) is 5.92 Å². The zero-order chi connectivity index (χ0) is 20.7. The lowest BCUT2D eigenvalue weighted by Gasteiger charge is -2.47. The molecule has 8 heteroatoms. The minimum atomic E-state index is -0.392. The number of hydrogen-bond acceptors (Lipinski definition) is 4. The van der Waals surface area contributed by atoms with Crippen LogP contribution in [0.2, 0.25) is 0 Å². The number of carbonyl (C=O) groups is 2. The molecule has 29 heavy (non-hydrogen) atoms. The highest BCUT2D eigenvalue weighted by molar-refractivity contribution is 5.94. The summed E-state index contributed by atoms with van der Waals surface area (Å²) in [7, 11) is 0. The molecular formula is C21H24N4O4. The number of pyridine rings is 2. The third-order valence-corrected chi connectivity index (χ3v) is 5.93. The molecule has 0 radical (unpaired) electrons. The molecule has 4 heterocycles. The monoisotopic (exact) mass is 396 g/mol. The summed E-state index contributed by atoms with van der Waals surface area (Å²) in [6, 6.07) is 8.22. The van der Waals surface area contributed by atoms with Gasteiger partial charge in [-0.2, -0.15) is 0 Å². The van der Waals surface area contributed by atoms with E-state index in [-0.39, 0.29) is 40.8 Å². The number of carbonyl (C=O) groups excluding carboxylic acids is 2. The Bertz CT molecular complexity index is 1090. The standard InChI is InChI=1S/C21H24N4O4/c1-12-6-7-16(20(28)23-12)21(29)24-10-14-8-15(11-24)18(9-22-13(2)26)25-17(14)4-3-5-19(25)27/h3-7,14-15,18H,8-11H2,1-2H3,(H,22,26)(H,23,28)/t14-,15+,18+/m1/s1. The highest BCUT2D eigenvalue weighted by Crippen LogP contribution is 2.41. The highest BCUT2D eigenvalue weighted by Gasteiger charge is 2.42. The van der Waals surface area contributed by atoms with Crippen LogP contribution in [0.5, 0.6) is 0 Å². The van der Waals surface area contributed by atoms with Crippen molar-refractivity contribution in [2.75, 3.05) is 19.6 Å². The smallest absolute Gasteiger partial charge is 0.260 e. The Morgan fingerprint density at radius 2 is 1.97 bits per heavy atom. The Morgan fingerprint density at radius 3 is 2.69 bits per heavy atom. The van der Waals surface area contributed by atoms with Gasteiger partial charge < -0.3 is 19.8 Å². The maximum atomic E-state index is 13.1. The van der Waals surface area contributed by atoms with E-state index in [1.807, 2.05) is 6.07 Å². The molecule has 2 aliphatic rings. The van der Waals surface area contributed by atoms with Gasteiger partial charge >= 0.3 is 0 Å². The third kappa shape index (κ3) is 3.50. The largest absolute Gasteiger partial charge is 0.354 e. The summed E-state index contributed by atoms with van der Waals surface area (Å²) in [5.74, 6) is -0.426. The molecule has 152 valence electrons. The SMILES string of the molecule is CC(=O)NC[C@H]1[C@H]2C[C@H](CN(C(=O)c3ccc(C)[nH]c3=O)C2)c2cccc(=O)n21. The van der Waals surface area contributed by atoms with E-state index in [0.29, 0.717) is 25.3 Å². The first kappa shape index (κ1) is 19.2. The van der Waals surface area contributed by atoms with Crippen LogP contribution in [0.4, 0.5) is 0 Å². The van der Waals surface area contributed by atoms with E-state index in [2.05, 4.69) is 10.3 Å². The summed E-state index contributed by atoms with van der Waals surface area (Å²) in [6.07, 6.45) is 0.835. The van der Waals surface area contributed by atoms with Gasteiger partial charge in [0, 0.05) is 49.9 Å². The summed E-state index contributed by atoms with van der Waals surface area (Å²) < 4.78 is 1.77. The van der Waals surface area contributed by atoms with Crippen LogP contribution in [0.15, 0.2) is 39.9 Å². The first-order valence-corrected chi connectivity index (χ1v) is 9.80. The molecule has 1 fully saturated rings. The molecule has 0 saturated carbocycles. The van der Waals surface area contributed by atoms with Gasteiger partial charge in [-0.05, 0) is 37.5 Å². The predicted octanol–water partition coefficient (Wildman–Crippen LogP) is 0.782. The zero-order valence-electron chi connectivity index (χ0n) is 16.5. The molecule has 1 saturated heterocycles.